The van der Waals surface area contributed by atoms with E-state index in [-0.39, 0.29) is 0 Å². The molecule has 0 saturated heterocycles. The van der Waals surface area contributed by atoms with Crippen molar-refractivity contribution in [3.63, 3.8) is 0 Å². The molecule has 2 heterocycles. The first kappa shape index (κ1) is 8.33. The molecule has 0 amide bonds. The lowest BCUT2D eigenvalue weighted by molar-refractivity contribution is 0.795. The van der Waals surface area contributed by atoms with Crippen molar-refractivity contribution >= 4 is 11.3 Å². The maximum absolute atomic E-state index is 4.05. The Morgan fingerprint density at radius 2 is 2.46 bits per heavy atom. The Morgan fingerprint density at radius 3 is 3.15 bits per heavy atom. The Bertz CT molecular complexity index is 366. The molecule has 0 unspecified atom stereocenters. The van der Waals surface area contributed by atoms with Gasteiger partial charge >= 0.3 is 0 Å². The molecular weight excluding hydrogens is 186 g/mol. The lowest BCUT2D eigenvalue weighted by Gasteiger charge is -1.87. The van der Waals surface area contributed by atoms with E-state index in [4.69, 9.17) is 0 Å². The first-order chi connectivity index (χ1) is 6.40. The topological polar surface area (TPSA) is 66.5 Å². The molecule has 0 fully saturated rings. The highest BCUT2D eigenvalue weighted by molar-refractivity contribution is 7.14. The highest BCUT2D eigenvalue weighted by Gasteiger charge is 2.05. The monoisotopic (exact) mass is 195 g/mol. The van der Waals surface area contributed by atoms with E-state index in [1.165, 1.54) is 0 Å². The van der Waals surface area contributed by atoms with E-state index < -0.39 is 0 Å². The first-order valence-electron chi connectivity index (χ1n) is 3.86. The van der Waals surface area contributed by atoms with Crippen LogP contribution in [-0.2, 0) is 6.54 Å². The van der Waals surface area contributed by atoms with E-state index in [0.717, 1.165) is 22.1 Å². The van der Waals surface area contributed by atoms with Crippen molar-refractivity contribution in [2.45, 2.75) is 6.54 Å². The number of rotatable bonds is 3. The van der Waals surface area contributed by atoms with Crippen LogP contribution in [0.3, 0.4) is 0 Å². The zero-order valence-electron chi connectivity index (χ0n) is 7.11. The van der Waals surface area contributed by atoms with E-state index in [2.05, 4.69) is 25.7 Å². The number of nitrogens with zero attached hydrogens (tertiary/aromatic N) is 3. The van der Waals surface area contributed by atoms with E-state index >= 15 is 0 Å². The van der Waals surface area contributed by atoms with Crippen molar-refractivity contribution in [3.8, 4) is 10.6 Å². The zero-order valence-corrected chi connectivity index (χ0v) is 7.93. The number of hydrogen-bond donors (Lipinski definition) is 2. The quantitative estimate of drug-likeness (QED) is 0.754. The minimum atomic E-state index is 0.759. The second-order valence-corrected chi connectivity index (χ2v) is 3.58. The molecule has 2 aromatic rings. The average Bonchev–Trinajstić information content (AvgIpc) is 2.70. The van der Waals surface area contributed by atoms with Gasteiger partial charge in [0.2, 0.25) is 0 Å². The van der Waals surface area contributed by atoms with Crippen molar-refractivity contribution < 1.29 is 0 Å². The lowest BCUT2D eigenvalue weighted by Crippen LogP contribution is -2.04. The third-order valence-corrected chi connectivity index (χ3v) is 2.51. The maximum atomic E-state index is 4.05. The summed E-state index contributed by atoms with van der Waals surface area (Å²) in [5.41, 5.74) is 0.986. The molecule has 2 aromatic heterocycles. The normalized spacial score (nSPS) is 10.5. The molecule has 68 valence electrons. The van der Waals surface area contributed by atoms with Gasteiger partial charge in [-0.2, -0.15) is 5.10 Å². The lowest BCUT2D eigenvalue weighted by atomic mass is 10.4. The van der Waals surface area contributed by atoms with Gasteiger partial charge < -0.3 is 5.32 Å². The first-order valence-corrected chi connectivity index (χ1v) is 4.68. The van der Waals surface area contributed by atoms with Gasteiger partial charge in [0.15, 0.2) is 5.01 Å². The zero-order chi connectivity index (χ0) is 9.10. The van der Waals surface area contributed by atoms with Gasteiger partial charge in [0.25, 0.3) is 0 Å². The van der Waals surface area contributed by atoms with Crippen molar-refractivity contribution in [1.29, 1.82) is 0 Å². The van der Waals surface area contributed by atoms with E-state index in [1.807, 2.05) is 13.2 Å². The van der Waals surface area contributed by atoms with Gasteiger partial charge in [0.1, 0.15) is 5.01 Å². The largest absolute Gasteiger partial charge is 0.313 e. The van der Waals surface area contributed by atoms with Gasteiger partial charge in [0.05, 0.1) is 11.8 Å². The summed E-state index contributed by atoms with van der Waals surface area (Å²) in [6.45, 7) is 0.759. The minimum Gasteiger partial charge on any atom is -0.313 e. The van der Waals surface area contributed by atoms with Crippen LogP contribution in [-0.4, -0.2) is 27.4 Å². The number of nitrogens with one attached hydrogen (secondary N) is 2. The standard InChI is InChI=1S/C7H9N5S/c1-8-4-6-11-12-7(13-6)5-2-9-10-3-5/h2-3,8H,4H2,1H3,(H,9,10). The fourth-order valence-electron chi connectivity index (χ4n) is 0.961. The Labute approximate surface area is 79.2 Å². The van der Waals surface area contributed by atoms with Gasteiger partial charge in [-0.1, -0.05) is 11.3 Å². The molecule has 0 spiro atoms. The van der Waals surface area contributed by atoms with Crippen LogP contribution in [0.1, 0.15) is 5.01 Å². The molecule has 13 heavy (non-hydrogen) atoms. The predicted molar refractivity (Wildman–Crippen MR) is 50.3 cm³/mol. The summed E-state index contributed by atoms with van der Waals surface area (Å²) in [6, 6.07) is 0. The molecule has 0 bridgehead atoms. The van der Waals surface area contributed by atoms with Gasteiger partial charge in [0, 0.05) is 12.7 Å². The summed E-state index contributed by atoms with van der Waals surface area (Å²) in [5.74, 6) is 0. The SMILES string of the molecule is CNCc1nnc(-c2cn[nH]c2)s1. The molecule has 0 radical (unpaired) electrons. The predicted octanol–water partition coefficient (Wildman–Crippen LogP) is 0.648. The van der Waals surface area contributed by atoms with Crippen LogP contribution in [0.25, 0.3) is 10.6 Å². The summed E-state index contributed by atoms with van der Waals surface area (Å²) in [5, 5.41) is 19.6. The highest BCUT2D eigenvalue weighted by atomic mass is 32.1. The second kappa shape index (κ2) is 3.63. The van der Waals surface area contributed by atoms with Crippen LogP contribution in [0.2, 0.25) is 0 Å². The molecule has 0 saturated carbocycles. The maximum Gasteiger partial charge on any atom is 0.151 e. The smallest absolute Gasteiger partial charge is 0.151 e. The third kappa shape index (κ3) is 1.73. The highest BCUT2D eigenvalue weighted by Crippen LogP contribution is 2.21. The van der Waals surface area contributed by atoms with Crippen molar-refractivity contribution in [2.24, 2.45) is 0 Å². The Hall–Kier alpha value is -1.27. The Balaban J connectivity index is 2.23. The summed E-state index contributed by atoms with van der Waals surface area (Å²) < 4.78 is 0. The number of aromatic amines is 1. The molecule has 0 aliphatic heterocycles. The molecule has 0 atom stereocenters. The molecule has 0 aromatic carbocycles. The van der Waals surface area contributed by atoms with Crippen LogP contribution in [0, 0.1) is 0 Å². The third-order valence-electron chi connectivity index (χ3n) is 1.54. The van der Waals surface area contributed by atoms with E-state index in [9.17, 15) is 0 Å². The molecule has 2 rings (SSSR count). The van der Waals surface area contributed by atoms with E-state index in [1.54, 1.807) is 17.5 Å². The summed E-state index contributed by atoms with van der Waals surface area (Å²) >= 11 is 1.57. The second-order valence-electron chi connectivity index (χ2n) is 2.52. The molecule has 2 N–H and O–H groups in total. The molecule has 0 aliphatic carbocycles. The molecule has 6 heteroatoms. The van der Waals surface area contributed by atoms with Crippen molar-refractivity contribution in [2.75, 3.05) is 7.05 Å². The minimum absolute atomic E-state index is 0.759. The van der Waals surface area contributed by atoms with Crippen LogP contribution in [0.15, 0.2) is 12.4 Å². The van der Waals surface area contributed by atoms with Gasteiger partial charge in [-0.3, -0.25) is 5.10 Å². The van der Waals surface area contributed by atoms with Gasteiger partial charge in [-0.15, -0.1) is 10.2 Å². The van der Waals surface area contributed by atoms with Crippen LogP contribution in [0.4, 0.5) is 0 Å². The van der Waals surface area contributed by atoms with Crippen molar-refractivity contribution in [3.05, 3.63) is 17.4 Å². The van der Waals surface area contributed by atoms with Gasteiger partial charge in [-0.25, -0.2) is 0 Å². The molecular formula is C7H9N5S. The van der Waals surface area contributed by atoms with Crippen LogP contribution in [0.5, 0.6) is 0 Å². The van der Waals surface area contributed by atoms with E-state index in [0.29, 0.717) is 0 Å². The average molecular weight is 195 g/mol. The van der Waals surface area contributed by atoms with Crippen molar-refractivity contribution in [1.82, 2.24) is 25.7 Å². The Morgan fingerprint density at radius 1 is 1.54 bits per heavy atom. The summed E-state index contributed by atoms with van der Waals surface area (Å²) in [6.07, 6.45) is 3.55. The molecule has 0 aliphatic rings. The van der Waals surface area contributed by atoms with Gasteiger partial charge in [-0.05, 0) is 7.05 Å². The van der Waals surface area contributed by atoms with Crippen LogP contribution < -0.4 is 5.32 Å². The fraction of sp³-hybridized carbons (Fsp3) is 0.286. The number of aromatic nitrogens is 4. The Kier molecular flexibility index (Phi) is 2.33. The summed E-state index contributed by atoms with van der Waals surface area (Å²) in [7, 11) is 1.89. The summed E-state index contributed by atoms with van der Waals surface area (Å²) in [4.78, 5) is 0. The van der Waals surface area contributed by atoms with Crippen LogP contribution >= 0.6 is 11.3 Å². The molecule has 5 nitrogen and oxygen atoms in total. The number of H-pyrrole nitrogens is 1. The number of hydrogen-bond acceptors (Lipinski definition) is 5. The fourth-order valence-corrected chi connectivity index (χ4v) is 1.79.